The number of fused-ring (bicyclic) bond motifs is 2. The van der Waals surface area contributed by atoms with Crippen LogP contribution in [0, 0.1) is 25.2 Å². The lowest BCUT2D eigenvalue weighted by Gasteiger charge is -2.27. The Bertz CT molecular complexity index is 1920. The van der Waals surface area contributed by atoms with Crippen LogP contribution in [0.1, 0.15) is 44.3 Å². The fourth-order valence-electron chi connectivity index (χ4n) is 5.05. The zero-order chi connectivity index (χ0) is 29.4. The van der Waals surface area contributed by atoms with Gasteiger partial charge in [-0.2, -0.15) is 5.26 Å². The van der Waals surface area contributed by atoms with Crippen molar-refractivity contribution in [2.75, 3.05) is 0 Å². The maximum Gasteiger partial charge on any atom is 0.379 e. The van der Waals surface area contributed by atoms with Gasteiger partial charge in [0.15, 0.2) is 0 Å². The van der Waals surface area contributed by atoms with Gasteiger partial charge < -0.3 is 24.4 Å². The number of esters is 1. The van der Waals surface area contributed by atoms with Gasteiger partial charge in [0.05, 0.1) is 5.92 Å². The number of ether oxygens (including phenoxy) is 3. The smallest absolute Gasteiger partial charge is 0.379 e. The van der Waals surface area contributed by atoms with Crippen LogP contribution in [-0.2, 0) is 6.61 Å². The summed E-state index contributed by atoms with van der Waals surface area (Å²) in [7, 11) is 0. The largest absolute Gasteiger partial charge is 0.489 e. The molecule has 0 saturated carbocycles. The van der Waals surface area contributed by atoms with Gasteiger partial charge in [0.25, 0.3) is 0 Å². The maximum atomic E-state index is 13.1. The molecule has 0 aliphatic carbocycles. The van der Waals surface area contributed by atoms with Crippen LogP contribution < -0.4 is 19.9 Å². The molecule has 2 N–H and O–H groups in total. The van der Waals surface area contributed by atoms with E-state index in [1.165, 1.54) is 0 Å². The predicted octanol–water partition coefficient (Wildman–Crippen LogP) is 7.72. The zero-order valence-electron chi connectivity index (χ0n) is 22.8. The van der Waals surface area contributed by atoms with Gasteiger partial charge in [0, 0.05) is 27.6 Å². The topological polar surface area (TPSA) is 108 Å². The first-order valence-electron chi connectivity index (χ1n) is 13.2. The molecule has 6 rings (SSSR count). The van der Waals surface area contributed by atoms with Crippen molar-refractivity contribution in [3.8, 4) is 23.3 Å². The molecule has 1 aromatic heterocycles. The van der Waals surface area contributed by atoms with E-state index in [9.17, 15) is 10.1 Å². The van der Waals surface area contributed by atoms with E-state index in [4.69, 9.17) is 36.0 Å². The number of hydrogen-bond acceptors (Lipinski definition) is 7. The summed E-state index contributed by atoms with van der Waals surface area (Å²) in [5.41, 5.74) is 11.3. The number of hydrogen-bond donors (Lipinski definition) is 1. The molecule has 0 bridgehead atoms. The maximum absolute atomic E-state index is 13.1. The first-order chi connectivity index (χ1) is 20.3. The highest BCUT2D eigenvalue weighted by molar-refractivity contribution is 6.30. The molecule has 1 atom stereocenters. The lowest BCUT2D eigenvalue weighted by Crippen LogP contribution is -2.21. The second kappa shape index (κ2) is 11.0. The first kappa shape index (κ1) is 27.0. The number of halogens is 1. The van der Waals surface area contributed by atoms with Crippen LogP contribution in [0.4, 0.5) is 0 Å². The van der Waals surface area contributed by atoms with E-state index in [1.807, 2.05) is 80.6 Å². The standard InChI is InChI=1S/C34H25ClN2O5/c1-19-6-12-26-20(2)32(41-29(26)14-19)34(38)40-25-11-13-27-30(16-25)42-33(37)28(17-36)31(27)22-4-3-5-24(15-22)39-18-21-7-9-23(35)10-8-21/h3-16,31H,18,37H2,1-2H3. The van der Waals surface area contributed by atoms with Crippen molar-refractivity contribution in [3.63, 3.8) is 0 Å². The number of allylic oxidation sites excluding steroid dienone is 1. The Hall–Kier alpha value is -5.19. The molecular weight excluding hydrogens is 552 g/mol. The number of nitriles is 1. The first-order valence-corrected chi connectivity index (χ1v) is 13.6. The van der Waals surface area contributed by atoms with E-state index >= 15 is 0 Å². The van der Waals surface area contributed by atoms with Crippen LogP contribution >= 0.6 is 11.6 Å². The Morgan fingerprint density at radius 3 is 2.60 bits per heavy atom. The lowest BCUT2D eigenvalue weighted by molar-refractivity contribution is 0.0702. The highest BCUT2D eigenvalue weighted by atomic mass is 35.5. The number of rotatable bonds is 6. The fraction of sp³-hybridized carbons (Fsp3) is 0.118. The molecule has 42 heavy (non-hydrogen) atoms. The van der Waals surface area contributed by atoms with Gasteiger partial charge in [-0.25, -0.2) is 4.79 Å². The molecule has 208 valence electrons. The number of aryl methyl sites for hydroxylation is 2. The number of carbonyl (C=O) groups excluding carboxylic acids is 1. The molecular formula is C34H25ClN2O5. The molecule has 0 saturated heterocycles. The average Bonchev–Trinajstić information content (AvgIpc) is 3.31. The Balaban J connectivity index is 1.27. The summed E-state index contributed by atoms with van der Waals surface area (Å²) in [6.07, 6.45) is 0. The van der Waals surface area contributed by atoms with Crippen LogP contribution in [0.2, 0.25) is 5.02 Å². The summed E-state index contributed by atoms with van der Waals surface area (Å²) in [6.45, 7) is 4.13. The minimum absolute atomic E-state index is 0.0190. The van der Waals surface area contributed by atoms with E-state index in [-0.39, 0.29) is 23.0 Å². The number of benzene rings is 4. The van der Waals surface area contributed by atoms with E-state index in [1.54, 1.807) is 18.2 Å². The van der Waals surface area contributed by atoms with Crippen LogP contribution in [0.3, 0.4) is 0 Å². The molecule has 2 heterocycles. The predicted molar refractivity (Wildman–Crippen MR) is 159 cm³/mol. The second-order valence-corrected chi connectivity index (χ2v) is 10.5. The van der Waals surface area contributed by atoms with Crippen LogP contribution in [0.5, 0.6) is 17.2 Å². The molecule has 0 amide bonds. The Labute approximate surface area is 247 Å². The summed E-state index contributed by atoms with van der Waals surface area (Å²) in [6, 6.07) is 27.9. The third-order valence-electron chi connectivity index (χ3n) is 7.19. The van der Waals surface area contributed by atoms with Gasteiger partial charge in [-0.1, -0.05) is 54.1 Å². The number of nitrogens with zero attached hydrogens (tertiary/aromatic N) is 1. The van der Waals surface area contributed by atoms with Gasteiger partial charge in [0.2, 0.25) is 11.6 Å². The molecule has 1 unspecified atom stereocenters. The Morgan fingerprint density at radius 1 is 1.00 bits per heavy atom. The molecule has 1 aliphatic rings. The SMILES string of the molecule is Cc1ccc2c(C)c(C(=O)Oc3ccc4c(c3)OC(N)=C(C#N)C4c3cccc(OCc4ccc(Cl)cc4)c3)oc2c1. The van der Waals surface area contributed by atoms with Crippen molar-refractivity contribution >= 4 is 28.5 Å². The van der Waals surface area contributed by atoms with Crippen molar-refractivity contribution in [3.05, 3.63) is 135 Å². The lowest BCUT2D eigenvalue weighted by atomic mass is 9.83. The second-order valence-electron chi connectivity index (χ2n) is 10.1. The summed E-state index contributed by atoms with van der Waals surface area (Å²) < 4.78 is 23.3. The molecule has 0 spiro atoms. The van der Waals surface area contributed by atoms with Crippen molar-refractivity contribution in [1.29, 1.82) is 5.26 Å². The Morgan fingerprint density at radius 2 is 1.81 bits per heavy atom. The molecule has 1 aliphatic heterocycles. The average molecular weight is 577 g/mol. The van der Waals surface area contributed by atoms with E-state index in [0.717, 1.165) is 22.1 Å². The molecule has 7 nitrogen and oxygen atoms in total. The normalized spacial score (nSPS) is 14.2. The van der Waals surface area contributed by atoms with Gasteiger partial charge >= 0.3 is 5.97 Å². The summed E-state index contributed by atoms with van der Waals surface area (Å²) in [5.74, 6) is 0.244. The molecule has 0 fully saturated rings. The van der Waals surface area contributed by atoms with E-state index in [2.05, 4.69) is 6.07 Å². The van der Waals surface area contributed by atoms with Crippen LogP contribution in [0.15, 0.2) is 101 Å². The van der Waals surface area contributed by atoms with Crippen molar-refractivity contribution < 1.29 is 23.4 Å². The summed E-state index contributed by atoms with van der Waals surface area (Å²) >= 11 is 5.98. The molecule has 4 aromatic carbocycles. The third-order valence-corrected chi connectivity index (χ3v) is 7.44. The Kier molecular flexibility index (Phi) is 7.07. The fourth-order valence-corrected chi connectivity index (χ4v) is 5.18. The number of nitrogens with two attached hydrogens (primary N) is 1. The molecule has 8 heteroatoms. The molecule has 5 aromatic rings. The van der Waals surface area contributed by atoms with Gasteiger partial charge in [-0.3, -0.25) is 0 Å². The van der Waals surface area contributed by atoms with Crippen molar-refractivity contribution in [1.82, 2.24) is 0 Å². The van der Waals surface area contributed by atoms with Gasteiger partial charge in [-0.05, 0) is 66.9 Å². The summed E-state index contributed by atoms with van der Waals surface area (Å²) in [4.78, 5) is 13.1. The van der Waals surface area contributed by atoms with Crippen LogP contribution in [0.25, 0.3) is 11.0 Å². The monoisotopic (exact) mass is 576 g/mol. The third kappa shape index (κ3) is 5.16. The minimum Gasteiger partial charge on any atom is -0.489 e. The summed E-state index contributed by atoms with van der Waals surface area (Å²) in [5, 5.41) is 11.5. The zero-order valence-corrected chi connectivity index (χ0v) is 23.6. The molecule has 0 radical (unpaired) electrons. The van der Waals surface area contributed by atoms with Gasteiger partial charge in [0.1, 0.15) is 41.1 Å². The minimum atomic E-state index is -0.625. The quantitative estimate of drug-likeness (QED) is 0.163. The van der Waals surface area contributed by atoms with Crippen molar-refractivity contribution in [2.45, 2.75) is 26.4 Å². The van der Waals surface area contributed by atoms with Crippen molar-refractivity contribution in [2.24, 2.45) is 5.73 Å². The van der Waals surface area contributed by atoms with E-state index < -0.39 is 11.9 Å². The number of carbonyl (C=O) groups is 1. The van der Waals surface area contributed by atoms with Crippen LogP contribution in [-0.4, -0.2) is 5.97 Å². The van der Waals surface area contributed by atoms with Gasteiger partial charge in [-0.15, -0.1) is 0 Å². The highest BCUT2D eigenvalue weighted by Gasteiger charge is 2.31. The highest BCUT2D eigenvalue weighted by Crippen LogP contribution is 2.44. The van der Waals surface area contributed by atoms with E-state index in [0.29, 0.717) is 39.8 Å². The number of furan rings is 1.